The first-order valence-electron chi connectivity index (χ1n) is 5.54. The monoisotopic (exact) mass is 234 g/mol. The van der Waals surface area contributed by atoms with Crippen molar-refractivity contribution in [1.82, 2.24) is 9.78 Å². The first-order valence-corrected chi connectivity index (χ1v) is 5.54. The fourth-order valence-corrected chi connectivity index (χ4v) is 1.83. The average molecular weight is 234 g/mol. The summed E-state index contributed by atoms with van der Waals surface area (Å²) in [5.74, 6) is -0.532. The summed E-state index contributed by atoms with van der Waals surface area (Å²) in [7, 11) is 0. The van der Waals surface area contributed by atoms with Gasteiger partial charge < -0.3 is 10.2 Å². The van der Waals surface area contributed by atoms with E-state index < -0.39 is 0 Å². The molecule has 0 saturated heterocycles. The molecule has 0 spiro atoms. The standard InChI is InChI=1S/C12H14N2O3/c1-3-8-12(17)7-5-10(15)11(16)6-9(7)14(4-2)13-8/h5-6,15-16H,3-4H2,1-2H3. The number of hydrogen-bond donors (Lipinski definition) is 2. The predicted molar refractivity (Wildman–Crippen MR) is 64.4 cm³/mol. The van der Waals surface area contributed by atoms with Crippen LogP contribution < -0.4 is 5.43 Å². The lowest BCUT2D eigenvalue weighted by Crippen LogP contribution is -2.18. The number of nitrogens with zero attached hydrogens (tertiary/aromatic N) is 2. The maximum atomic E-state index is 12.0. The van der Waals surface area contributed by atoms with Gasteiger partial charge in [-0.05, 0) is 19.4 Å². The number of rotatable bonds is 2. The number of aryl methyl sites for hydroxylation is 2. The number of phenols is 2. The van der Waals surface area contributed by atoms with E-state index in [1.807, 2.05) is 13.8 Å². The Morgan fingerprint density at radius 2 is 1.88 bits per heavy atom. The van der Waals surface area contributed by atoms with Crippen LogP contribution in [0.2, 0.25) is 0 Å². The van der Waals surface area contributed by atoms with Crippen molar-refractivity contribution in [2.24, 2.45) is 0 Å². The Kier molecular flexibility index (Phi) is 2.75. The molecule has 0 fully saturated rings. The maximum Gasteiger partial charge on any atom is 0.211 e. The molecule has 0 unspecified atom stereocenters. The predicted octanol–water partition coefficient (Wildman–Crippen LogP) is 1.39. The van der Waals surface area contributed by atoms with Gasteiger partial charge in [-0.15, -0.1) is 0 Å². The third-order valence-electron chi connectivity index (χ3n) is 2.75. The van der Waals surface area contributed by atoms with Crippen molar-refractivity contribution in [3.8, 4) is 11.5 Å². The zero-order valence-electron chi connectivity index (χ0n) is 9.77. The molecule has 0 radical (unpaired) electrons. The highest BCUT2D eigenvalue weighted by Gasteiger charge is 2.12. The second-order valence-corrected chi connectivity index (χ2v) is 3.80. The summed E-state index contributed by atoms with van der Waals surface area (Å²) in [4.78, 5) is 12.0. The van der Waals surface area contributed by atoms with Gasteiger partial charge in [0.05, 0.1) is 10.9 Å². The molecule has 0 aliphatic carbocycles. The van der Waals surface area contributed by atoms with E-state index >= 15 is 0 Å². The number of aromatic nitrogens is 2. The third-order valence-corrected chi connectivity index (χ3v) is 2.75. The molecule has 2 rings (SSSR count). The first kappa shape index (κ1) is 11.4. The van der Waals surface area contributed by atoms with Gasteiger partial charge in [0.15, 0.2) is 11.5 Å². The SMILES string of the molecule is CCc1nn(CC)c2cc(O)c(O)cc2c1=O. The number of benzene rings is 1. The summed E-state index contributed by atoms with van der Waals surface area (Å²) in [5, 5.41) is 23.5. The highest BCUT2D eigenvalue weighted by atomic mass is 16.3. The lowest BCUT2D eigenvalue weighted by Gasteiger charge is -2.10. The lowest BCUT2D eigenvalue weighted by atomic mass is 10.1. The van der Waals surface area contributed by atoms with E-state index in [9.17, 15) is 15.0 Å². The van der Waals surface area contributed by atoms with Gasteiger partial charge in [0.1, 0.15) is 5.69 Å². The highest BCUT2D eigenvalue weighted by molar-refractivity contribution is 5.82. The van der Waals surface area contributed by atoms with Crippen molar-refractivity contribution in [1.29, 1.82) is 0 Å². The molecule has 0 bridgehead atoms. The Morgan fingerprint density at radius 1 is 1.24 bits per heavy atom. The van der Waals surface area contributed by atoms with Crippen molar-refractivity contribution < 1.29 is 10.2 Å². The summed E-state index contributed by atoms with van der Waals surface area (Å²) in [6, 6.07) is 2.65. The van der Waals surface area contributed by atoms with Crippen molar-refractivity contribution in [3.63, 3.8) is 0 Å². The first-order chi connectivity index (χ1) is 8.08. The fraction of sp³-hybridized carbons (Fsp3) is 0.333. The molecule has 0 saturated carbocycles. The zero-order valence-corrected chi connectivity index (χ0v) is 9.77. The number of phenolic OH excluding ortho intramolecular Hbond substituents is 2. The van der Waals surface area contributed by atoms with Crippen molar-refractivity contribution >= 4 is 10.9 Å². The molecule has 1 aromatic carbocycles. The van der Waals surface area contributed by atoms with Gasteiger partial charge in [0.2, 0.25) is 5.43 Å². The van der Waals surface area contributed by atoms with Crippen LogP contribution in [-0.4, -0.2) is 20.0 Å². The van der Waals surface area contributed by atoms with Gasteiger partial charge in [-0.1, -0.05) is 6.92 Å². The molecule has 0 aliphatic rings. The van der Waals surface area contributed by atoms with E-state index in [4.69, 9.17) is 0 Å². The number of fused-ring (bicyclic) bond motifs is 1. The van der Waals surface area contributed by atoms with Gasteiger partial charge in [0, 0.05) is 12.6 Å². The van der Waals surface area contributed by atoms with Crippen LogP contribution >= 0.6 is 0 Å². The summed E-state index contributed by atoms with van der Waals surface area (Å²) in [5.41, 5.74) is 0.803. The molecule has 90 valence electrons. The van der Waals surface area contributed by atoms with Crippen LogP contribution in [0.5, 0.6) is 11.5 Å². The van der Waals surface area contributed by atoms with E-state index in [2.05, 4.69) is 5.10 Å². The molecule has 2 N–H and O–H groups in total. The minimum absolute atomic E-state index is 0.192. The van der Waals surface area contributed by atoms with E-state index in [1.54, 1.807) is 4.68 Å². The molecular weight excluding hydrogens is 220 g/mol. The summed E-state index contributed by atoms with van der Waals surface area (Å²) >= 11 is 0. The largest absolute Gasteiger partial charge is 0.504 e. The molecule has 0 atom stereocenters. The lowest BCUT2D eigenvalue weighted by molar-refractivity contribution is 0.404. The fourth-order valence-electron chi connectivity index (χ4n) is 1.83. The van der Waals surface area contributed by atoms with Crippen molar-refractivity contribution in [3.05, 3.63) is 28.0 Å². The molecule has 17 heavy (non-hydrogen) atoms. The van der Waals surface area contributed by atoms with E-state index in [1.165, 1.54) is 12.1 Å². The number of hydrogen-bond acceptors (Lipinski definition) is 4. The van der Waals surface area contributed by atoms with Crippen LogP contribution in [0.25, 0.3) is 10.9 Å². The normalized spacial score (nSPS) is 10.9. The minimum Gasteiger partial charge on any atom is -0.504 e. The third kappa shape index (κ3) is 1.73. The van der Waals surface area contributed by atoms with Gasteiger partial charge in [-0.2, -0.15) is 5.10 Å². The van der Waals surface area contributed by atoms with Crippen LogP contribution in [0.3, 0.4) is 0 Å². The topological polar surface area (TPSA) is 75.3 Å². The van der Waals surface area contributed by atoms with Crippen LogP contribution in [-0.2, 0) is 13.0 Å². The maximum absolute atomic E-state index is 12.0. The van der Waals surface area contributed by atoms with Crippen molar-refractivity contribution in [2.75, 3.05) is 0 Å². The zero-order chi connectivity index (χ0) is 12.6. The molecule has 0 amide bonds. The van der Waals surface area contributed by atoms with Crippen LogP contribution in [0.15, 0.2) is 16.9 Å². The van der Waals surface area contributed by atoms with E-state index in [0.717, 1.165) is 0 Å². The van der Waals surface area contributed by atoms with Crippen LogP contribution in [0.4, 0.5) is 0 Å². The smallest absolute Gasteiger partial charge is 0.211 e. The Labute approximate surface area is 97.9 Å². The summed E-state index contributed by atoms with van der Waals surface area (Å²) < 4.78 is 1.65. The minimum atomic E-state index is -0.287. The van der Waals surface area contributed by atoms with Crippen LogP contribution in [0.1, 0.15) is 19.5 Å². The molecule has 1 aromatic heterocycles. The van der Waals surface area contributed by atoms with Gasteiger partial charge in [0.25, 0.3) is 0 Å². The second-order valence-electron chi connectivity index (χ2n) is 3.80. The van der Waals surface area contributed by atoms with Gasteiger partial charge >= 0.3 is 0 Å². The van der Waals surface area contributed by atoms with Crippen molar-refractivity contribution in [2.45, 2.75) is 26.8 Å². The van der Waals surface area contributed by atoms with E-state index in [-0.39, 0.29) is 16.9 Å². The molecular formula is C12H14N2O3. The molecule has 5 heteroatoms. The molecule has 0 aliphatic heterocycles. The quantitative estimate of drug-likeness (QED) is 0.770. The highest BCUT2D eigenvalue weighted by Crippen LogP contribution is 2.28. The Bertz CT molecular complexity index is 632. The summed E-state index contributed by atoms with van der Waals surface area (Å²) in [6.45, 7) is 4.35. The second kappa shape index (κ2) is 4.08. The molecule has 2 aromatic rings. The van der Waals surface area contributed by atoms with E-state index in [0.29, 0.717) is 29.6 Å². The Hall–Kier alpha value is -2.04. The average Bonchev–Trinajstić information content (AvgIpc) is 2.32. The molecule has 5 nitrogen and oxygen atoms in total. The van der Waals surface area contributed by atoms with Gasteiger partial charge in [-0.25, -0.2) is 0 Å². The molecule has 1 heterocycles. The van der Waals surface area contributed by atoms with Gasteiger partial charge in [-0.3, -0.25) is 9.48 Å². The Morgan fingerprint density at radius 3 is 2.47 bits per heavy atom. The Balaban J connectivity index is 2.95. The number of aromatic hydroxyl groups is 2. The summed E-state index contributed by atoms with van der Waals surface area (Å²) in [6.07, 6.45) is 0.538. The van der Waals surface area contributed by atoms with Crippen LogP contribution in [0, 0.1) is 0 Å².